The number of ether oxygens (including phenoxy) is 5. The van der Waals surface area contributed by atoms with Gasteiger partial charge in [-0.1, -0.05) is 44.7 Å². The molecule has 0 amide bonds. The zero-order valence-corrected chi connectivity index (χ0v) is 23.4. The second kappa shape index (κ2) is 16.7. The third-order valence-electron chi connectivity index (χ3n) is 6.28. The zero-order valence-electron chi connectivity index (χ0n) is 23.4. The number of rotatable bonds is 18. The number of carbonyl (C=O) groups is 1. The highest BCUT2D eigenvalue weighted by atomic mass is 16.5. The molecule has 0 saturated carbocycles. The van der Waals surface area contributed by atoms with Gasteiger partial charge in [-0.3, -0.25) is 0 Å². The molecule has 0 aliphatic rings. The first-order valence-electron chi connectivity index (χ1n) is 13.0. The van der Waals surface area contributed by atoms with Gasteiger partial charge in [0.1, 0.15) is 0 Å². The van der Waals surface area contributed by atoms with Gasteiger partial charge in [0.2, 0.25) is 5.75 Å². The normalized spacial score (nSPS) is 10.9. The highest BCUT2D eigenvalue weighted by Crippen LogP contribution is 2.40. The Morgan fingerprint density at radius 3 is 1.97 bits per heavy atom. The van der Waals surface area contributed by atoms with Crippen molar-refractivity contribution in [2.24, 2.45) is 0 Å². The van der Waals surface area contributed by atoms with E-state index in [-0.39, 0.29) is 5.57 Å². The SMILES string of the molecule is C=C(CCCCCCCCCOc1ccc(C=C(C#N)c2cc(OC)c(OC)c(OC)c2)cc1OC)C(=O)O. The van der Waals surface area contributed by atoms with Crippen molar-refractivity contribution in [3.8, 4) is 34.8 Å². The second-order valence-corrected chi connectivity index (χ2v) is 8.98. The standard InChI is InChI=1S/C31H39NO7/c1-22(31(33)34)13-11-9-7-6-8-10-12-16-39-26-15-14-23(18-27(26)35-2)17-25(21-32)24-19-28(36-3)30(38-5)29(20-24)37-4/h14-15,17-20H,1,6-13,16H2,2-5H3,(H,33,34). The molecule has 0 aliphatic carbocycles. The largest absolute Gasteiger partial charge is 0.493 e. The quantitative estimate of drug-likeness (QED) is 0.0944. The van der Waals surface area contributed by atoms with E-state index in [0.717, 1.165) is 50.5 Å². The predicted octanol–water partition coefficient (Wildman–Crippen LogP) is 6.93. The Kier molecular flexibility index (Phi) is 13.3. The van der Waals surface area contributed by atoms with Crippen LogP contribution >= 0.6 is 0 Å². The van der Waals surface area contributed by atoms with Gasteiger partial charge in [-0.25, -0.2) is 4.79 Å². The molecule has 2 rings (SSSR count). The van der Waals surface area contributed by atoms with Gasteiger partial charge in [-0.05, 0) is 60.7 Å². The molecule has 0 unspecified atom stereocenters. The van der Waals surface area contributed by atoms with Crippen LogP contribution in [-0.4, -0.2) is 46.1 Å². The Labute approximate surface area is 231 Å². The van der Waals surface area contributed by atoms with Gasteiger partial charge < -0.3 is 28.8 Å². The topological polar surface area (TPSA) is 107 Å². The molecule has 39 heavy (non-hydrogen) atoms. The van der Waals surface area contributed by atoms with Crippen molar-refractivity contribution in [2.75, 3.05) is 35.0 Å². The highest BCUT2D eigenvalue weighted by molar-refractivity contribution is 5.91. The predicted molar refractivity (Wildman–Crippen MR) is 152 cm³/mol. The molecule has 8 heteroatoms. The zero-order chi connectivity index (χ0) is 28.6. The Bertz CT molecular complexity index is 1150. The van der Waals surface area contributed by atoms with Gasteiger partial charge in [0.05, 0.1) is 46.7 Å². The molecule has 0 aliphatic heterocycles. The van der Waals surface area contributed by atoms with E-state index in [9.17, 15) is 10.1 Å². The van der Waals surface area contributed by atoms with Crippen molar-refractivity contribution >= 4 is 17.6 Å². The van der Waals surface area contributed by atoms with Gasteiger partial charge in [0, 0.05) is 5.57 Å². The summed E-state index contributed by atoms with van der Waals surface area (Å²) in [6, 6.07) is 11.3. The van der Waals surface area contributed by atoms with Crippen molar-refractivity contribution in [2.45, 2.75) is 51.4 Å². The summed E-state index contributed by atoms with van der Waals surface area (Å²) in [6.45, 7) is 4.14. The van der Waals surface area contributed by atoms with E-state index in [1.54, 1.807) is 25.3 Å². The molecule has 8 nitrogen and oxygen atoms in total. The van der Waals surface area contributed by atoms with Crippen molar-refractivity contribution in [3.63, 3.8) is 0 Å². The molecule has 0 heterocycles. The number of carboxylic acid groups (broad SMARTS) is 1. The molecule has 0 radical (unpaired) electrons. The van der Waals surface area contributed by atoms with Gasteiger partial charge in [0.25, 0.3) is 0 Å². The van der Waals surface area contributed by atoms with E-state index in [4.69, 9.17) is 28.8 Å². The average molecular weight is 538 g/mol. The van der Waals surface area contributed by atoms with Gasteiger partial charge in [-0.2, -0.15) is 5.26 Å². The van der Waals surface area contributed by atoms with Crippen LogP contribution in [0.4, 0.5) is 0 Å². The molecule has 0 fully saturated rings. The van der Waals surface area contributed by atoms with E-state index in [1.807, 2.05) is 18.2 Å². The van der Waals surface area contributed by atoms with Gasteiger partial charge in [0.15, 0.2) is 23.0 Å². The van der Waals surface area contributed by atoms with Gasteiger partial charge >= 0.3 is 5.97 Å². The summed E-state index contributed by atoms with van der Waals surface area (Å²) >= 11 is 0. The minimum absolute atomic E-state index is 0.288. The molecule has 210 valence electrons. The number of nitriles is 1. The molecule has 0 saturated heterocycles. The summed E-state index contributed by atoms with van der Waals surface area (Å²) in [4.78, 5) is 10.7. The van der Waals surface area contributed by atoms with Crippen LogP contribution in [0.5, 0.6) is 28.7 Å². The van der Waals surface area contributed by atoms with Crippen LogP contribution in [0.1, 0.15) is 62.5 Å². The van der Waals surface area contributed by atoms with Crippen LogP contribution in [0.15, 0.2) is 42.5 Å². The van der Waals surface area contributed by atoms with Crippen LogP contribution in [0.2, 0.25) is 0 Å². The van der Waals surface area contributed by atoms with Crippen molar-refractivity contribution in [1.29, 1.82) is 5.26 Å². The third-order valence-corrected chi connectivity index (χ3v) is 6.28. The molecule has 1 N–H and O–H groups in total. The Morgan fingerprint density at radius 2 is 1.44 bits per heavy atom. The van der Waals surface area contributed by atoms with Gasteiger partial charge in [-0.15, -0.1) is 0 Å². The molecule has 2 aromatic carbocycles. The Morgan fingerprint density at radius 1 is 0.846 bits per heavy atom. The summed E-state index contributed by atoms with van der Waals surface area (Å²) in [6.07, 6.45) is 9.54. The van der Waals surface area contributed by atoms with Crippen molar-refractivity contribution in [3.05, 3.63) is 53.6 Å². The van der Waals surface area contributed by atoms with E-state index >= 15 is 0 Å². The molecule has 0 bridgehead atoms. The first-order valence-corrected chi connectivity index (χ1v) is 13.0. The number of aliphatic carboxylic acids is 1. The highest BCUT2D eigenvalue weighted by Gasteiger charge is 2.15. The van der Waals surface area contributed by atoms with Crippen molar-refractivity contribution in [1.82, 2.24) is 0 Å². The number of unbranched alkanes of at least 4 members (excludes halogenated alkanes) is 6. The number of methoxy groups -OCH3 is 4. The first kappa shape index (κ1) is 31.1. The summed E-state index contributed by atoms with van der Waals surface area (Å²) in [5.74, 6) is 1.74. The lowest BCUT2D eigenvalue weighted by Gasteiger charge is -2.14. The number of hydrogen-bond donors (Lipinski definition) is 1. The van der Waals surface area contributed by atoms with Crippen LogP contribution in [0.3, 0.4) is 0 Å². The molecule has 0 spiro atoms. The second-order valence-electron chi connectivity index (χ2n) is 8.98. The lowest BCUT2D eigenvalue weighted by atomic mass is 10.0. The van der Waals surface area contributed by atoms with Crippen LogP contribution in [-0.2, 0) is 4.79 Å². The molecule has 0 atom stereocenters. The maximum Gasteiger partial charge on any atom is 0.330 e. The fraction of sp³-hybridized carbons (Fsp3) is 0.419. The monoisotopic (exact) mass is 537 g/mol. The van der Waals surface area contributed by atoms with Crippen molar-refractivity contribution < 1.29 is 33.6 Å². The smallest absolute Gasteiger partial charge is 0.330 e. The maximum absolute atomic E-state index is 10.7. The minimum Gasteiger partial charge on any atom is -0.493 e. The summed E-state index contributed by atoms with van der Waals surface area (Å²) in [7, 11) is 6.19. The molecule has 2 aromatic rings. The Hall–Kier alpha value is -4.12. The summed E-state index contributed by atoms with van der Waals surface area (Å²) < 4.78 is 27.7. The number of carboxylic acids is 1. The molecule has 0 aromatic heterocycles. The third kappa shape index (κ3) is 9.60. The lowest BCUT2D eigenvalue weighted by Crippen LogP contribution is -2.00. The number of hydrogen-bond acceptors (Lipinski definition) is 7. The molecular formula is C31H39NO7. The van der Waals surface area contributed by atoms with E-state index < -0.39 is 5.97 Å². The van der Waals surface area contributed by atoms with Crippen LogP contribution in [0.25, 0.3) is 11.6 Å². The van der Waals surface area contributed by atoms with E-state index in [0.29, 0.717) is 52.9 Å². The van der Waals surface area contributed by atoms with Crippen LogP contribution in [0, 0.1) is 11.3 Å². The molecular weight excluding hydrogens is 498 g/mol. The number of allylic oxidation sites excluding steroid dienone is 1. The maximum atomic E-state index is 10.7. The van der Waals surface area contributed by atoms with E-state index in [2.05, 4.69) is 12.6 Å². The van der Waals surface area contributed by atoms with E-state index in [1.165, 1.54) is 21.3 Å². The minimum atomic E-state index is -0.902. The summed E-state index contributed by atoms with van der Waals surface area (Å²) in [5, 5.41) is 18.7. The summed E-state index contributed by atoms with van der Waals surface area (Å²) in [5.41, 5.74) is 2.14. The number of benzene rings is 2. The fourth-order valence-electron chi connectivity index (χ4n) is 4.09. The number of nitrogens with zero attached hydrogens (tertiary/aromatic N) is 1. The first-order chi connectivity index (χ1) is 18.9. The average Bonchev–Trinajstić information content (AvgIpc) is 2.95. The fourth-order valence-corrected chi connectivity index (χ4v) is 4.09. The lowest BCUT2D eigenvalue weighted by molar-refractivity contribution is -0.132. The Balaban J connectivity index is 1.92. The van der Waals surface area contributed by atoms with Crippen LogP contribution < -0.4 is 23.7 Å².